The molecule has 0 aliphatic carbocycles. The van der Waals surface area contributed by atoms with Crippen LogP contribution >= 0.6 is 0 Å². The van der Waals surface area contributed by atoms with Gasteiger partial charge in [0.25, 0.3) is 0 Å². The van der Waals surface area contributed by atoms with E-state index in [-0.39, 0.29) is 0 Å². The Hall–Kier alpha value is -3.26. The van der Waals surface area contributed by atoms with Gasteiger partial charge in [-0.2, -0.15) is 0 Å². The van der Waals surface area contributed by atoms with E-state index >= 15 is 0 Å². The van der Waals surface area contributed by atoms with Gasteiger partial charge in [-0.25, -0.2) is 0 Å². The summed E-state index contributed by atoms with van der Waals surface area (Å²) >= 11 is 0. The maximum atomic E-state index is 6.47. The van der Waals surface area contributed by atoms with Gasteiger partial charge in [-0.05, 0) is 44.5 Å². The Bertz CT molecular complexity index is 1050. The summed E-state index contributed by atoms with van der Waals surface area (Å²) < 4.78 is 40.6. The minimum atomic E-state index is 0.521. The Kier molecular flexibility index (Phi) is 8.70. The lowest BCUT2D eigenvalue weighted by Gasteiger charge is -2.28. The average Bonchev–Trinajstić information content (AvgIpc) is 2.93. The summed E-state index contributed by atoms with van der Waals surface area (Å²) in [5, 5.41) is 0. The topological polar surface area (TPSA) is 67.9 Å². The summed E-state index contributed by atoms with van der Waals surface area (Å²) in [6, 6.07) is 7.47. The quantitative estimate of drug-likeness (QED) is 0.404. The standard InChI is InChI=1S/C28H37NO7/c1-30-20-16-22(31-2)21-18-26(35-13-9-12-29-10-7-6-8-11-29)27(36-23(21)17-20)19-14-24(32-3)28(34-5)25(15-19)33-4/h14-17H,6-13,18H2,1-5H3. The molecule has 0 bridgehead atoms. The molecular weight excluding hydrogens is 462 g/mol. The van der Waals surface area contributed by atoms with E-state index in [0.717, 1.165) is 29.9 Å². The lowest BCUT2D eigenvalue weighted by atomic mass is 10.0. The molecule has 0 unspecified atom stereocenters. The second-order valence-corrected chi connectivity index (χ2v) is 8.86. The Morgan fingerprint density at radius 1 is 0.778 bits per heavy atom. The number of piperidine rings is 1. The Morgan fingerprint density at radius 2 is 1.47 bits per heavy atom. The van der Waals surface area contributed by atoms with Crippen LogP contribution in [-0.2, 0) is 11.2 Å². The number of hydrogen-bond acceptors (Lipinski definition) is 8. The van der Waals surface area contributed by atoms with Crippen LogP contribution in [0.1, 0.15) is 36.8 Å². The number of benzene rings is 2. The van der Waals surface area contributed by atoms with Gasteiger partial charge < -0.3 is 38.1 Å². The monoisotopic (exact) mass is 499 g/mol. The van der Waals surface area contributed by atoms with E-state index in [4.69, 9.17) is 33.2 Å². The van der Waals surface area contributed by atoms with E-state index in [1.807, 2.05) is 24.3 Å². The van der Waals surface area contributed by atoms with Gasteiger partial charge in [0.05, 0.1) is 42.2 Å². The molecule has 4 rings (SSSR count). The first-order valence-corrected chi connectivity index (χ1v) is 12.4. The third kappa shape index (κ3) is 5.59. The highest BCUT2D eigenvalue weighted by Gasteiger charge is 2.28. The van der Waals surface area contributed by atoms with Crippen LogP contribution in [0.4, 0.5) is 0 Å². The molecule has 0 spiro atoms. The summed E-state index contributed by atoms with van der Waals surface area (Å²) in [6.07, 6.45) is 5.37. The number of hydrogen-bond donors (Lipinski definition) is 0. The first kappa shape index (κ1) is 25.8. The molecule has 2 heterocycles. The van der Waals surface area contributed by atoms with Gasteiger partial charge in [0, 0.05) is 36.2 Å². The molecule has 2 aromatic carbocycles. The molecule has 2 aliphatic heterocycles. The largest absolute Gasteiger partial charge is 0.496 e. The predicted molar refractivity (Wildman–Crippen MR) is 138 cm³/mol. The normalized spacial score (nSPS) is 15.6. The maximum absolute atomic E-state index is 6.47. The number of methoxy groups -OCH3 is 5. The van der Waals surface area contributed by atoms with Crippen molar-refractivity contribution in [2.75, 3.05) is 61.8 Å². The number of rotatable bonds is 11. The summed E-state index contributed by atoms with van der Waals surface area (Å²) in [7, 11) is 8.05. The first-order valence-electron chi connectivity index (χ1n) is 12.4. The van der Waals surface area contributed by atoms with Gasteiger partial charge in [0.15, 0.2) is 17.3 Å². The summed E-state index contributed by atoms with van der Waals surface area (Å²) in [5.41, 5.74) is 1.68. The average molecular weight is 500 g/mol. The van der Waals surface area contributed by atoms with E-state index in [9.17, 15) is 0 Å². The SMILES string of the molecule is COc1cc(OC)c2c(c1)OC(c1cc(OC)c(OC)c(OC)c1)=C(OCCCN1CCCCC1)C2. The summed E-state index contributed by atoms with van der Waals surface area (Å²) in [5.74, 6) is 4.96. The molecule has 1 saturated heterocycles. The van der Waals surface area contributed by atoms with Gasteiger partial charge in [0.2, 0.25) is 5.75 Å². The van der Waals surface area contributed by atoms with E-state index in [1.165, 1.54) is 32.4 Å². The molecule has 8 nitrogen and oxygen atoms in total. The zero-order valence-corrected chi connectivity index (χ0v) is 22.0. The van der Waals surface area contributed by atoms with E-state index in [2.05, 4.69) is 4.90 Å². The van der Waals surface area contributed by atoms with E-state index in [1.54, 1.807) is 35.5 Å². The zero-order valence-electron chi connectivity index (χ0n) is 22.0. The zero-order chi connectivity index (χ0) is 25.5. The van der Waals surface area contributed by atoms with Gasteiger partial charge in [0.1, 0.15) is 23.0 Å². The van der Waals surface area contributed by atoms with Crippen LogP contribution < -0.4 is 28.4 Å². The van der Waals surface area contributed by atoms with E-state index < -0.39 is 0 Å². The number of likely N-dealkylation sites (tertiary alicyclic amines) is 1. The molecule has 196 valence electrons. The third-order valence-corrected chi connectivity index (χ3v) is 6.67. The third-order valence-electron chi connectivity index (χ3n) is 6.67. The van der Waals surface area contributed by atoms with Crippen molar-refractivity contribution in [3.05, 3.63) is 41.2 Å². The van der Waals surface area contributed by atoms with Gasteiger partial charge >= 0.3 is 0 Å². The second kappa shape index (κ2) is 12.1. The number of allylic oxidation sites excluding steroid dienone is 1. The fourth-order valence-electron chi connectivity index (χ4n) is 4.78. The van der Waals surface area contributed by atoms with Crippen LogP contribution in [0.5, 0.6) is 34.5 Å². The molecule has 0 saturated carbocycles. The molecule has 0 N–H and O–H groups in total. The van der Waals surface area contributed by atoms with Crippen LogP contribution in [0.25, 0.3) is 5.76 Å². The van der Waals surface area contributed by atoms with Crippen molar-refractivity contribution in [1.82, 2.24) is 4.90 Å². The molecule has 36 heavy (non-hydrogen) atoms. The number of ether oxygens (including phenoxy) is 7. The predicted octanol–water partition coefficient (Wildman–Crippen LogP) is 4.93. The molecule has 2 aliphatic rings. The molecule has 0 radical (unpaired) electrons. The van der Waals surface area contributed by atoms with Crippen molar-refractivity contribution in [3.63, 3.8) is 0 Å². The van der Waals surface area contributed by atoms with Gasteiger partial charge in [-0.3, -0.25) is 0 Å². The highest BCUT2D eigenvalue weighted by Crippen LogP contribution is 2.45. The number of fused-ring (bicyclic) bond motifs is 1. The van der Waals surface area contributed by atoms with Gasteiger partial charge in [-0.15, -0.1) is 0 Å². The Labute approximate surface area is 213 Å². The lowest BCUT2D eigenvalue weighted by Crippen LogP contribution is -2.31. The Balaban J connectivity index is 1.67. The number of nitrogens with zero attached hydrogens (tertiary/aromatic N) is 1. The summed E-state index contributed by atoms with van der Waals surface area (Å²) in [4.78, 5) is 2.52. The van der Waals surface area contributed by atoms with E-state index in [0.29, 0.717) is 53.3 Å². The van der Waals surface area contributed by atoms with Crippen molar-refractivity contribution in [2.45, 2.75) is 32.1 Å². The fourth-order valence-corrected chi connectivity index (χ4v) is 4.78. The molecule has 0 aromatic heterocycles. The fraction of sp³-hybridized carbons (Fsp3) is 0.500. The molecule has 2 aromatic rings. The lowest BCUT2D eigenvalue weighted by molar-refractivity contribution is 0.162. The van der Waals surface area contributed by atoms with Crippen molar-refractivity contribution >= 4 is 5.76 Å². The van der Waals surface area contributed by atoms with Crippen LogP contribution in [0.3, 0.4) is 0 Å². The van der Waals surface area contributed by atoms with Crippen molar-refractivity contribution in [3.8, 4) is 34.5 Å². The minimum absolute atomic E-state index is 0.521. The first-order chi connectivity index (χ1) is 17.6. The van der Waals surface area contributed by atoms with Crippen LogP contribution in [0, 0.1) is 0 Å². The highest BCUT2D eigenvalue weighted by molar-refractivity contribution is 5.73. The highest BCUT2D eigenvalue weighted by atomic mass is 16.5. The minimum Gasteiger partial charge on any atom is -0.496 e. The van der Waals surface area contributed by atoms with Crippen LogP contribution in [-0.4, -0.2) is 66.7 Å². The molecule has 8 heteroatoms. The van der Waals surface area contributed by atoms with Crippen molar-refractivity contribution in [2.24, 2.45) is 0 Å². The molecule has 1 fully saturated rings. The van der Waals surface area contributed by atoms with Crippen molar-refractivity contribution in [1.29, 1.82) is 0 Å². The smallest absolute Gasteiger partial charge is 0.203 e. The molecule has 0 amide bonds. The maximum Gasteiger partial charge on any atom is 0.203 e. The second-order valence-electron chi connectivity index (χ2n) is 8.86. The van der Waals surface area contributed by atoms with Crippen LogP contribution in [0.2, 0.25) is 0 Å². The summed E-state index contributed by atoms with van der Waals surface area (Å²) in [6.45, 7) is 3.98. The van der Waals surface area contributed by atoms with Crippen LogP contribution in [0.15, 0.2) is 30.0 Å². The molecular formula is C28H37NO7. The molecule has 0 atom stereocenters. The Morgan fingerprint density at radius 3 is 2.08 bits per heavy atom. The van der Waals surface area contributed by atoms with Crippen molar-refractivity contribution < 1.29 is 33.2 Å². The van der Waals surface area contributed by atoms with Gasteiger partial charge in [-0.1, -0.05) is 6.42 Å².